The molecular weight excluding hydrogens is 228 g/mol. The van der Waals surface area contributed by atoms with Crippen LogP contribution in [0.5, 0.6) is 0 Å². The number of amides is 1. The second kappa shape index (κ2) is 5.87. The summed E-state index contributed by atoms with van der Waals surface area (Å²) in [7, 11) is 1.82. The highest BCUT2D eigenvalue weighted by molar-refractivity contribution is 5.99. The Labute approximate surface area is 108 Å². The fraction of sp³-hybridized carbons (Fsp3) is 0.500. The van der Waals surface area contributed by atoms with E-state index in [4.69, 9.17) is 5.11 Å². The maximum absolute atomic E-state index is 12.4. The molecule has 1 saturated heterocycles. The van der Waals surface area contributed by atoms with Gasteiger partial charge in [-0.25, -0.2) is 0 Å². The number of nitrogens with one attached hydrogen (secondary N) is 1. The van der Waals surface area contributed by atoms with Gasteiger partial charge in [-0.3, -0.25) is 4.79 Å². The van der Waals surface area contributed by atoms with Crippen molar-refractivity contribution in [3.05, 3.63) is 29.8 Å². The first-order valence-corrected chi connectivity index (χ1v) is 6.43. The summed E-state index contributed by atoms with van der Waals surface area (Å²) in [6.07, 6.45) is 1.78. The minimum Gasteiger partial charge on any atom is -0.396 e. The van der Waals surface area contributed by atoms with Crippen molar-refractivity contribution >= 4 is 11.6 Å². The molecule has 18 heavy (non-hydrogen) atoms. The van der Waals surface area contributed by atoms with Gasteiger partial charge in [0.2, 0.25) is 0 Å². The van der Waals surface area contributed by atoms with Crippen LogP contribution >= 0.6 is 0 Å². The lowest BCUT2D eigenvalue weighted by Gasteiger charge is -2.18. The predicted molar refractivity (Wildman–Crippen MR) is 71.7 cm³/mol. The summed E-state index contributed by atoms with van der Waals surface area (Å²) in [6.45, 7) is 1.76. The number of aliphatic hydroxyl groups is 1. The van der Waals surface area contributed by atoms with Crippen molar-refractivity contribution in [3.8, 4) is 0 Å². The molecule has 2 N–H and O–H groups in total. The first-order chi connectivity index (χ1) is 8.76. The van der Waals surface area contributed by atoms with Gasteiger partial charge in [0.15, 0.2) is 0 Å². The van der Waals surface area contributed by atoms with Gasteiger partial charge in [-0.15, -0.1) is 0 Å². The van der Waals surface area contributed by atoms with E-state index in [-0.39, 0.29) is 12.5 Å². The zero-order valence-electron chi connectivity index (χ0n) is 10.7. The fourth-order valence-electron chi connectivity index (χ4n) is 2.49. The van der Waals surface area contributed by atoms with Crippen LogP contribution in [0.15, 0.2) is 24.3 Å². The third kappa shape index (κ3) is 2.64. The Balaban J connectivity index is 2.08. The monoisotopic (exact) mass is 248 g/mol. The van der Waals surface area contributed by atoms with Crippen LogP contribution in [0, 0.1) is 5.92 Å². The Morgan fingerprint density at radius 1 is 1.50 bits per heavy atom. The molecule has 1 fully saturated rings. The molecule has 4 nitrogen and oxygen atoms in total. The van der Waals surface area contributed by atoms with E-state index in [9.17, 15) is 4.79 Å². The van der Waals surface area contributed by atoms with Gasteiger partial charge in [0, 0.05) is 32.4 Å². The average Bonchev–Trinajstić information content (AvgIpc) is 2.87. The minimum atomic E-state index is 0.0837. The predicted octanol–water partition coefficient (Wildman–Crippen LogP) is 1.57. The summed E-state index contributed by atoms with van der Waals surface area (Å²) in [6, 6.07) is 7.57. The molecule has 1 aromatic carbocycles. The summed E-state index contributed by atoms with van der Waals surface area (Å²) < 4.78 is 0. The zero-order chi connectivity index (χ0) is 13.0. The molecule has 0 saturated carbocycles. The first kappa shape index (κ1) is 12.9. The van der Waals surface area contributed by atoms with Crippen LogP contribution < -0.4 is 5.32 Å². The molecule has 1 heterocycles. The largest absolute Gasteiger partial charge is 0.396 e. The Morgan fingerprint density at radius 3 is 3.00 bits per heavy atom. The normalized spacial score (nSPS) is 19.0. The van der Waals surface area contributed by atoms with E-state index >= 15 is 0 Å². The molecule has 1 aliphatic rings. The maximum Gasteiger partial charge on any atom is 0.255 e. The number of benzene rings is 1. The van der Waals surface area contributed by atoms with Crippen LogP contribution in [0.4, 0.5) is 5.69 Å². The molecule has 1 atom stereocenters. The average molecular weight is 248 g/mol. The smallest absolute Gasteiger partial charge is 0.255 e. The van der Waals surface area contributed by atoms with Crippen molar-refractivity contribution in [3.63, 3.8) is 0 Å². The standard InChI is InChI=1S/C14H20N2O2/c1-15-13-5-3-2-4-12(13)14(18)16-8-6-11(10-16)7-9-17/h2-5,11,15,17H,6-10H2,1H3. The number of carbonyl (C=O) groups excluding carboxylic acids is 1. The van der Waals surface area contributed by atoms with Crippen molar-refractivity contribution in [1.29, 1.82) is 0 Å². The number of nitrogens with zero attached hydrogens (tertiary/aromatic N) is 1. The first-order valence-electron chi connectivity index (χ1n) is 6.43. The van der Waals surface area contributed by atoms with Crippen LogP contribution in [-0.2, 0) is 0 Å². The second-order valence-electron chi connectivity index (χ2n) is 4.71. The summed E-state index contributed by atoms with van der Waals surface area (Å²) in [5.41, 5.74) is 1.60. The number of aliphatic hydroxyl groups excluding tert-OH is 1. The Hall–Kier alpha value is -1.55. The lowest BCUT2D eigenvalue weighted by atomic mass is 10.1. The van der Waals surface area contributed by atoms with E-state index in [1.165, 1.54) is 0 Å². The van der Waals surface area contributed by atoms with E-state index in [1.807, 2.05) is 36.2 Å². The molecule has 1 amide bonds. The van der Waals surface area contributed by atoms with Crippen LogP contribution in [0.3, 0.4) is 0 Å². The van der Waals surface area contributed by atoms with Gasteiger partial charge < -0.3 is 15.3 Å². The summed E-state index contributed by atoms with van der Waals surface area (Å²) in [5, 5.41) is 12.0. The molecule has 2 rings (SSSR count). The van der Waals surface area contributed by atoms with Crippen LogP contribution in [0.1, 0.15) is 23.2 Å². The third-order valence-electron chi connectivity index (χ3n) is 3.54. The van der Waals surface area contributed by atoms with Crippen LogP contribution in [0.2, 0.25) is 0 Å². The quantitative estimate of drug-likeness (QED) is 0.850. The third-order valence-corrected chi connectivity index (χ3v) is 3.54. The molecule has 1 aliphatic heterocycles. The minimum absolute atomic E-state index is 0.0837. The molecule has 1 unspecified atom stereocenters. The van der Waals surface area contributed by atoms with E-state index in [0.29, 0.717) is 5.92 Å². The molecular formula is C14H20N2O2. The maximum atomic E-state index is 12.4. The molecule has 0 spiro atoms. The second-order valence-corrected chi connectivity index (χ2v) is 4.71. The molecule has 0 aliphatic carbocycles. The molecule has 1 aromatic rings. The van der Waals surface area contributed by atoms with E-state index < -0.39 is 0 Å². The fourth-order valence-corrected chi connectivity index (χ4v) is 2.49. The van der Waals surface area contributed by atoms with Gasteiger partial charge >= 0.3 is 0 Å². The van der Waals surface area contributed by atoms with Gasteiger partial charge in [0.25, 0.3) is 5.91 Å². The highest BCUT2D eigenvalue weighted by Gasteiger charge is 2.27. The van der Waals surface area contributed by atoms with Crippen LogP contribution in [-0.4, -0.2) is 42.7 Å². The van der Waals surface area contributed by atoms with E-state index in [0.717, 1.165) is 37.2 Å². The molecule has 0 radical (unpaired) electrons. The van der Waals surface area contributed by atoms with Gasteiger partial charge in [0.05, 0.1) is 5.56 Å². The lowest BCUT2D eigenvalue weighted by Crippen LogP contribution is -2.29. The Kier molecular flexibility index (Phi) is 4.20. The molecule has 0 aromatic heterocycles. The number of anilines is 1. The molecule has 0 bridgehead atoms. The Bertz CT molecular complexity index is 420. The van der Waals surface area contributed by atoms with Crippen LogP contribution in [0.25, 0.3) is 0 Å². The number of rotatable bonds is 4. The highest BCUT2D eigenvalue weighted by Crippen LogP contribution is 2.23. The summed E-state index contributed by atoms with van der Waals surface area (Å²) in [5.74, 6) is 0.529. The van der Waals surface area contributed by atoms with Crippen molar-refractivity contribution in [1.82, 2.24) is 4.90 Å². The van der Waals surface area contributed by atoms with Gasteiger partial charge in [0.1, 0.15) is 0 Å². The Morgan fingerprint density at radius 2 is 2.28 bits per heavy atom. The van der Waals surface area contributed by atoms with E-state index in [2.05, 4.69) is 5.32 Å². The number of hydrogen-bond acceptors (Lipinski definition) is 3. The van der Waals surface area contributed by atoms with Crippen molar-refractivity contribution < 1.29 is 9.90 Å². The van der Waals surface area contributed by atoms with Gasteiger partial charge in [-0.1, -0.05) is 12.1 Å². The number of likely N-dealkylation sites (tertiary alicyclic amines) is 1. The molecule has 98 valence electrons. The lowest BCUT2D eigenvalue weighted by molar-refractivity contribution is 0.0785. The van der Waals surface area contributed by atoms with Crippen molar-refractivity contribution in [2.75, 3.05) is 32.1 Å². The highest BCUT2D eigenvalue weighted by atomic mass is 16.3. The van der Waals surface area contributed by atoms with Gasteiger partial charge in [-0.2, -0.15) is 0 Å². The number of para-hydroxylation sites is 1. The number of hydrogen-bond donors (Lipinski definition) is 2. The summed E-state index contributed by atoms with van der Waals surface area (Å²) >= 11 is 0. The SMILES string of the molecule is CNc1ccccc1C(=O)N1CCC(CCO)C1. The van der Waals surface area contributed by atoms with Gasteiger partial charge in [-0.05, 0) is 30.9 Å². The topological polar surface area (TPSA) is 52.6 Å². The molecule has 4 heteroatoms. The van der Waals surface area contributed by atoms with Crippen molar-refractivity contribution in [2.24, 2.45) is 5.92 Å². The van der Waals surface area contributed by atoms with Crippen molar-refractivity contribution in [2.45, 2.75) is 12.8 Å². The zero-order valence-corrected chi connectivity index (χ0v) is 10.7. The number of carbonyl (C=O) groups is 1. The summed E-state index contributed by atoms with van der Waals surface area (Å²) in [4.78, 5) is 14.3. The van der Waals surface area contributed by atoms with E-state index in [1.54, 1.807) is 0 Å².